The van der Waals surface area contributed by atoms with Crippen LogP contribution in [0.4, 0.5) is 0 Å². The molecule has 3 rings (SSSR count). The van der Waals surface area contributed by atoms with Crippen LogP contribution in [-0.4, -0.2) is 11.1 Å². The van der Waals surface area contributed by atoms with Crippen molar-refractivity contribution in [1.29, 1.82) is 0 Å². The van der Waals surface area contributed by atoms with Crippen LogP contribution in [0.2, 0.25) is 0 Å². The fourth-order valence-corrected chi connectivity index (χ4v) is 4.16. The summed E-state index contributed by atoms with van der Waals surface area (Å²) < 4.78 is 5.23. The van der Waals surface area contributed by atoms with Gasteiger partial charge in [0.15, 0.2) is 0 Å². The summed E-state index contributed by atoms with van der Waals surface area (Å²) in [6.07, 6.45) is 0. The lowest BCUT2D eigenvalue weighted by molar-refractivity contribution is 0.0948. The van der Waals surface area contributed by atoms with Crippen LogP contribution in [-0.2, 0) is 12.3 Å². The Hall–Kier alpha value is -2.53. The zero-order valence-electron chi connectivity index (χ0n) is 16.1. The number of nitrogens with one attached hydrogen (secondary N) is 1. The van der Waals surface area contributed by atoms with Crippen molar-refractivity contribution in [2.75, 3.05) is 0 Å². The molecule has 0 aliphatic carbocycles. The molecule has 140 valence electrons. The molecule has 0 saturated heterocycles. The number of hydrogen-bond donors (Lipinski definition) is 1. The summed E-state index contributed by atoms with van der Waals surface area (Å²) in [4.78, 5) is 13.7. The molecule has 0 aliphatic heterocycles. The lowest BCUT2D eigenvalue weighted by Crippen LogP contribution is -2.23. The summed E-state index contributed by atoms with van der Waals surface area (Å²) in [6, 6.07) is 14.0. The van der Waals surface area contributed by atoms with E-state index in [-0.39, 0.29) is 5.91 Å². The second-order valence-corrected chi connectivity index (χ2v) is 7.72. The van der Waals surface area contributed by atoms with E-state index in [2.05, 4.69) is 42.5 Å². The molecule has 0 bridgehead atoms. The van der Waals surface area contributed by atoms with Crippen molar-refractivity contribution in [3.05, 3.63) is 81.7 Å². The minimum absolute atomic E-state index is 0.0585. The van der Waals surface area contributed by atoms with E-state index in [1.165, 1.54) is 11.1 Å². The summed E-state index contributed by atoms with van der Waals surface area (Å²) in [5, 5.41) is 7.04. The molecule has 27 heavy (non-hydrogen) atoms. The number of thioether (sulfide) groups is 1. The van der Waals surface area contributed by atoms with E-state index >= 15 is 0 Å². The highest BCUT2D eigenvalue weighted by Crippen LogP contribution is 2.28. The zero-order chi connectivity index (χ0) is 19.4. The molecule has 0 atom stereocenters. The van der Waals surface area contributed by atoms with Crippen LogP contribution >= 0.6 is 11.8 Å². The van der Waals surface area contributed by atoms with Crippen molar-refractivity contribution in [3.63, 3.8) is 0 Å². The van der Waals surface area contributed by atoms with Gasteiger partial charge in [-0.2, -0.15) is 0 Å². The van der Waals surface area contributed by atoms with Crippen molar-refractivity contribution < 1.29 is 9.32 Å². The van der Waals surface area contributed by atoms with Gasteiger partial charge in [0.05, 0.1) is 11.3 Å². The standard InChI is InChI=1S/C22H24N2O2S/c1-14-9-10-18(15(2)11-14)12-23-22(25)19-7-5-6-8-21(19)27-13-20-16(3)24-26-17(20)4/h5-11H,12-13H2,1-4H3,(H,23,25). The summed E-state index contributed by atoms with van der Waals surface area (Å²) in [7, 11) is 0. The topological polar surface area (TPSA) is 55.1 Å². The third-order valence-electron chi connectivity index (χ3n) is 4.62. The smallest absolute Gasteiger partial charge is 0.252 e. The van der Waals surface area contributed by atoms with Crippen LogP contribution in [0.3, 0.4) is 0 Å². The van der Waals surface area contributed by atoms with E-state index < -0.39 is 0 Å². The number of aryl methyl sites for hydroxylation is 4. The second-order valence-electron chi connectivity index (χ2n) is 6.70. The summed E-state index contributed by atoms with van der Waals surface area (Å²) in [6.45, 7) is 8.52. The molecular formula is C22H24N2O2S. The molecular weight excluding hydrogens is 356 g/mol. The number of carbonyl (C=O) groups is 1. The SMILES string of the molecule is Cc1ccc(CNC(=O)c2ccccc2SCc2c(C)noc2C)c(C)c1. The van der Waals surface area contributed by atoms with Gasteiger partial charge in [0.25, 0.3) is 5.91 Å². The third kappa shape index (κ3) is 4.61. The molecule has 0 fully saturated rings. The first-order valence-electron chi connectivity index (χ1n) is 8.93. The first-order valence-corrected chi connectivity index (χ1v) is 9.92. The van der Waals surface area contributed by atoms with Gasteiger partial charge < -0.3 is 9.84 Å². The number of nitrogens with zero attached hydrogens (tertiary/aromatic N) is 1. The van der Waals surface area contributed by atoms with Crippen molar-refractivity contribution in [2.24, 2.45) is 0 Å². The highest BCUT2D eigenvalue weighted by atomic mass is 32.2. The molecule has 5 heteroatoms. The monoisotopic (exact) mass is 380 g/mol. The van der Waals surface area contributed by atoms with Gasteiger partial charge in [0, 0.05) is 22.8 Å². The first kappa shape index (κ1) is 19.2. The summed E-state index contributed by atoms with van der Waals surface area (Å²) >= 11 is 1.63. The second kappa shape index (κ2) is 8.44. The van der Waals surface area contributed by atoms with Gasteiger partial charge in [-0.25, -0.2) is 0 Å². The molecule has 0 unspecified atom stereocenters. The van der Waals surface area contributed by atoms with Crippen LogP contribution in [0.1, 0.15) is 44.1 Å². The Morgan fingerprint density at radius 3 is 2.59 bits per heavy atom. The summed E-state index contributed by atoms with van der Waals surface area (Å²) in [5.41, 5.74) is 6.23. The van der Waals surface area contributed by atoms with E-state index in [4.69, 9.17) is 4.52 Å². The predicted octanol–water partition coefficient (Wildman–Crippen LogP) is 5.13. The van der Waals surface area contributed by atoms with Crippen LogP contribution in [0.25, 0.3) is 0 Å². The average Bonchev–Trinajstić information content (AvgIpc) is 2.97. The predicted molar refractivity (Wildman–Crippen MR) is 109 cm³/mol. The van der Waals surface area contributed by atoms with Crippen LogP contribution in [0.15, 0.2) is 51.9 Å². The van der Waals surface area contributed by atoms with E-state index in [1.54, 1.807) is 11.8 Å². The Kier molecular flexibility index (Phi) is 6.01. The van der Waals surface area contributed by atoms with Crippen LogP contribution < -0.4 is 5.32 Å². The first-order chi connectivity index (χ1) is 13.0. The van der Waals surface area contributed by atoms with E-state index in [9.17, 15) is 4.79 Å². The van der Waals surface area contributed by atoms with Crippen LogP contribution in [0, 0.1) is 27.7 Å². The maximum atomic E-state index is 12.8. The fourth-order valence-electron chi connectivity index (χ4n) is 2.95. The number of benzene rings is 2. The lowest BCUT2D eigenvalue weighted by Gasteiger charge is -2.11. The lowest BCUT2D eigenvalue weighted by atomic mass is 10.1. The van der Waals surface area contributed by atoms with Gasteiger partial charge in [-0.15, -0.1) is 11.8 Å². The molecule has 2 aromatic carbocycles. The Bertz CT molecular complexity index is 943. The van der Waals surface area contributed by atoms with E-state index in [1.807, 2.05) is 38.1 Å². The van der Waals surface area contributed by atoms with Crippen molar-refractivity contribution >= 4 is 17.7 Å². The van der Waals surface area contributed by atoms with Crippen LogP contribution in [0.5, 0.6) is 0 Å². The molecule has 0 radical (unpaired) electrons. The fraction of sp³-hybridized carbons (Fsp3) is 0.273. The van der Waals surface area contributed by atoms with Gasteiger partial charge >= 0.3 is 0 Å². The third-order valence-corrected chi connectivity index (χ3v) is 5.72. The number of amides is 1. The Labute approximate surface area is 164 Å². The van der Waals surface area contributed by atoms with Crippen molar-refractivity contribution in [3.8, 4) is 0 Å². The molecule has 1 amide bonds. The van der Waals surface area contributed by atoms with Gasteiger partial charge in [-0.3, -0.25) is 4.79 Å². The van der Waals surface area contributed by atoms with Gasteiger partial charge in [0.2, 0.25) is 0 Å². The van der Waals surface area contributed by atoms with Crippen molar-refractivity contribution in [2.45, 2.75) is 44.9 Å². The molecule has 1 N–H and O–H groups in total. The normalized spacial score (nSPS) is 10.8. The molecule has 1 aromatic heterocycles. The minimum Gasteiger partial charge on any atom is -0.361 e. The summed E-state index contributed by atoms with van der Waals surface area (Å²) in [5.74, 6) is 1.50. The zero-order valence-corrected chi connectivity index (χ0v) is 16.9. The molecule has 4 nitrogen and oxygen atoms in total. The maximum Gasteiger partial charge on any atom is 0.252 e. The molecule has 1 heterocycles. The Morgan fingerprint density at radius 1 is 1.11 bits per heavy atom. The van der Waals surface area contributed by atoms with Gasteiger partial charge in [-0.1, -0.05) is 41.1 Å². The number of aromatic nitrogens is 1. The molecule has 0 saturated carbocycles. The number of hydrogen-bond acceptors (Lipinski definition) is 4. The minimum atomic E-state index is -0.0585. The maximum absolute atomic E-state index is 12.8. The molecule has 3 aromatic rings. The average molecular weight is 381 g/mol. The van der Waals surface area contributed by atoms with Gasteiger partial charge in [0.1, 0.15) is 5.76 Å². The van der Waals surface area contributed by atoms with Gasteiger partial charge in [-0.05, 0) is 51.0 Å². The molecule has 0 aliphatic rings. The largest absolute Gasteiger partial charge is 0.361 e. The number of rotatable bonds is 6. The molecule has 0 spiro atoms. The quantitative estimate of drug-likeness (QED) is 0.602. The highest BCUT2D eigenvalue weighted by Gasteiger charge is 2.14. The Morgan fingerprint density at radius 2 is 1.89 bits per heavy atom. The Balaban J connectivity index is 1.70. The van der Waals surface area contributed by atoms with E-state index in [0.29, 0.717) is 12.1 Å². The van der Waals surface area contributed by atoms with Crippen molar-refractivity contribution in [1.82, 2.24) is 10.5 Å². The highest BCUT2D eigenvalue weighted by molar-refractivity contribution is 7.98. The number of carbonyl (C=O) groups excluding carboxylic acids is 1. The van der Waals surface area contributed by atoms with E-state index in [0.717, 1.165) is 33.2 Å².